The third-order valence-corrected chi connectivity index (χ3v) is 7.84. The number of nitrogens with zero attached hydrogens (tertiary/aromatic N) is 2. The molecular weight excluding hydrogens is 584 g/mol. The summed E-state index contributed by atoms with van der Waals surface area (Å²) in [7, 11) is 0. The first-order valence-corrected chi connectivity index (χ1v) is 16.9. The smallest absolute Gasteiger partial charge is 0.252 e. The van der Waals surface area contributed by atoms with Gasteiger partial charge in [-0.25, -0.2) is 0 Å². The van der Waals surface area contributed by atoms with Gasteiger partial charge in [-0.1, -0.05) is 79.8 Å². The molecule has 1 fully saturated rings. The van der Waals surface area contributed by atoms with Crippen LogP contribution in [0, 0.1) is 0 Å². The summed E-state index contributed by atoms with van der Waals surface area (Å²) in [5.41, 5.74) is 0.472. The summed E-state index contributed by atoms with van der Waals surface area (Å²) in [5, 5.41) is 5.12. The van der Waals surface area contributed by atoms with E-state index in [0.717, 1.165) is 38.5 Å². The minimum absolute atomic E-state index is 0.107. The SMILES string of the molecule is CC/C=C\C/C=C\C/C=C\C/C=C\C/C=C\CC=CCCC(=O)NCCN1C(=O)CC(SCCNC(=O)c2cccnc2)C1=O. The molecule has 0 saturated carbocycles. The molecule has 2 rings (SSSR count). The second-order valence-corrected chi connectivity index (χ2v) is 11.6. The Kier molecular flexibility index (Phi) is 20.1. The lowest BCUT2D eigenvalue weighted by molar-refractivity contribution is -0.138. The summed E-state index contributed by atoms with van der Waals surface area (Å²) in [6.45, 7) is 2.92. The lowest BCUT2D eigenvalue weighted by Crippen LogP contribution is -2.38. The van der Waals surface area contributed by atoms with Crippen LogP contribution in [0.25, 0.3) is 0 Å². The third kappa shape index (κ3) is 17.2. The lowest BCUT2D eigenvalue weighted by Gasteiger charge is -2.15. The monoisotopic (exact) mass is 632 g/mol. The third-order valence-electron chi connectivity index (χ3n) is 6.63. The molecular formula is C36H48N4O4S. The van der Waals surface area contributed by atoms with Gasteiger partial charge in [0.1, 0.15) is 0 Å². The van der Waals surface area contributed by atoms with Gasteiger partial charge >= 0.3 is 0 Å². The van der Waals surface area contributed by atoms with Crippen molar-refractivity contribution in [2.75, 3.05) is 25.4 Å². The Labute approximate surface area is 272 Å². The van der Waals surface area contributed by atoms with Crippen molar-refractivity contribution in [2.24, 2.45) is 0 Å². The first-order valence-electron chi connectivity index (χ1n) is 15.8. The minimum atomic E-state index is -0.461. The topological polar surface area (TPSA) is 108 Å². The molecule has 1 aromatic rings. The maximum Gasteiger partial charge on any atom is 0.252 e. The summed E-state index contributed by atoms with van der Waals surface area (Å²) in [6, 6.07) is 3.37. The van der Waals surface area contributed by atoms with E-state index in [0.29, 0.717) is 30.7 Å². The Hall–Kier alpha value is -3.98. The molecule has 242 valence electrons. The molecule has 1 aliphatic heterocycles. The van der Waals surface area contributed by atoms with Crippen LogP contribution in [0.5, 0.6) is 0 Å². The van der Waals surface area contributed by atoms with Crippen LogP contribution < -0.4 is 10.6 Å². The summed E-state index contributed by atoms with van der Waals surface area (Å²) in [6.07, 6.45) is 35.7. The van der Waals surface area contributed by atoms with Crippen molar-refractivity contribution in [3.05, 3.63) is 103 Å². The normalized spacial score (nSPS) is 15.8. The molecule has 4 amide bonds. The van der Waals surface area contributed by atoms with E-state index in [1.807, 2.05) is 12.2 Å². The summed E-state index contributed by atoms with van der Waals surface area (Å²) in [4.78, 5) is 54.3. The second-order valence-electron chi connectivity index (χ2n) is 10.2. The summed E-state index contributed by atoms with van der Waals surface area (Å²) in [5.74, 6) is -0.297. The molecule has 2 N–H and O–H groups in total. The number of carbonyl (C=O) groups excluding carboxylic acids is 4. The molecule has 1 atom stereocenters. The molecule has 45 heavy (non-hydrogen) atoms. The number of likely N-dealkylation sites (tertiary alicyclic amines) is 1. The molecule has 8 nitrogen and oxygen atoms in total. The van der Waals surface area contributed by atoms with Gasteiger partial charge in [0.05, 0.1) is 10.8 Å². The Bertz CT molecular complexity index is 1220. The highest BCUT2D eigenvalue weighted by Crippen LogP contribution is 2.24. The summed E-state index contributed by atoms with van der Waals surface area (Å²) >= 11 is 1.35. The zero-order chi connectivity index (χ0) is 32.4. The zero-order valence-corrected chi connectivity index (χ0v) is 27.3. The Morgan fingerprint density at radius 1 is 0.867 bits per heavy atom. The van der Waals surface area contributed by atoms with Gasteiger partial charge in [-0.3, -0.25) is 29.1 Å². The molecule has 0 bridgehead atoms. The van der Waals surface area contributed by atoms with Crippen LogP contribution in [0.15, 0.2) is 97.4 Å². The summed E-state index contributed by atoms with van der Waals surface area (Å²) < 4.78 is 0. The molecule has 1 aromatic heterocycles. The fourth-order valence-corrected chi connectivity index (χ4v) is 5.27. The number of rotatable bonds is 22. The number of aromatic nitrogens is 1. The molecule has 0 aromatic carbocycles. The number of nitrogens with one attached hydrogen (secondary N) is 2. The standard InChI is InChI=1S/C36H48N4O4S/c1-2-3-4-5-6-7-8-9-10-11-12-13-14-15-16-17-18-19-20-23-33(41)38-25-27-40-34(42)29-32(36(40)44)45-28-26-39-35(43)31-22-21-24-37-30-31/h3-4,6-7,9-10,12-13,15-16,18-19,21-22,24,30,32H,2,5,8,11,14,17,20,23,25-29H2,1H3,(H,38,41)(H,39,43)/b4-3-,7-6-,10-9-,13-12-,16-15-,19-18?. The van der Waals surface area contributed by atoms with Crippen LogP contribution in [-0.2, 0) is 14.4 Å². The highest BCUT2D eigenvalue weighted by atomic mass is 32.2. The van der Waals surface area contributed by atoms with Gasteiger partial charge in [0.2, 0.25) is 17.7 Å². The lowest BCUT2D eigenvalue weighted by atomic mass is 10.2. The number of imide groups is 1. The molecule has 1 unspecified atom stereocenters. The van der Waals surface area contributed by atoms with Crippen molar-refractivity contribution >= 4 is 35.4 Å². The van der Waals surface area contributed by atoms with E-state index >= 15 is 0 Å². The van der Waals surface area contributed by atoms with Gasteiger partial charge in [-0.05, 0) is 57.1 Å². The van der Waals surface area contributed by atoms with Gasteiger partial charge in [0.15, 0.2) is 0 Å². The maximum absolute atomic E-state index is 12.7. The van der Waals surface area contributed by atoms with Gasteiger partial charge < -0.3 is 10.6 Å². The second kappa shape index (κ2) is 24.4. The average Bonchev–Trinajstić information content (AvgIpc) is 3.32. The number of thioether (sulfide) groups is 1. The van der Waals surface area contributed by atoms with Crippen LogP contribution >= 0.6 is 11.8 Å². The van der Waals surface area contributed by atoms with Crippen molar-refractivity contribution in [1.82, 2.24) is 20.5 Å². The van der Waals surface area contributed by atoms with Gasteiger partial charge in [-0.2, -0.15) is 0 Å². The number of hydrogen-bond acceptors (Lipinski definition) is 6. The van der Waals surface area contributed by atoms with Crippen molar-refractivity contribution in [3.8, 4) is 0 Å². The quantitative estimate of drug-likeness (QED) is 0.0887. The highest BCUT2D eigenvalue weighted by molar-refractivity contribution is 8.00. The molecule has 1 aliphatic rings. The number of allylic oxidation sites excluding steroid dienone is 12. The van der Waals surface area contributed by atoms with Gasteiger partial charge in [0.25, 0.3) is 5.91 Å². The van der Waals surface area contributed by atoms with Gasteiger partial charge in [0, 0.05) is 50.6 Å². The van der Waals surface area contributed by atoms with Crippen LogP contribution in [-0.4, -0.2) is 64.1 Å². The molecule has 9 heteroatoms. The van der Waals surface area contributed by atoms with E-state index in [9.17, 15) is 19.2 Å². The van der Waals surface area contributed by atoms with Crippen molar-refractivity contribution < 1.29 is 19.2 Å². The van der Waals surface area contributed by atoms with E-state index in [2.05, 4.69) is 83.3 Å². The minimum Gasteiger partial charge on any atom is -0.354 e. The van der Waals surface area contributed by atoms with E-state index in [4.69, 9.17) is 0 Å². The predicted octanol–water partition coefficient (Wildman–Crippen LogP) is 6.27. The van der Waals surface area contributed by atoms with Crippen LogP contribution in [0.2, 0.25) is 0 Å². The molecule has 0 aliphatic carbocycles. The van der Waals surface area contributed by atoms with Crippen molar-refractivity contribution in [2.45, 2.75) is 70.0 Å². The number of amides is 4. The molecule has 0 spiro atoms. The van der Waals surface area contributed by atoms with E-state index in [1.165, 1.54) is 22.9 Å². The van der Waals surface area contributed by atoms with E-state index in [1.54, 1.807) is 18.3 Å². The molecule has 2 heterocycles. The average molecular weight is 633 g/mol. The van der Waals surface area contributed by atoms with Crippen molar-refractivity contribution in [1.29, 1.82) is 0 Å². The Morgan fingerprint density at radius 2 is 1.47 bits per heavy atom. The maximum atomic E-state index is 12.7. The first-order chi connectivity index (χ1) is 22.0. The number of carbonyl (C=O) groups is 4. The first kappa shape index (κ1) is 37.2. The zero-order valence-electron chi connectivity index (χ0n) is 26.4. The van der Waals surface area contributed by atoms with Crippen LogP contribution in [0.4, 0.5) is 0 Å². The fourth-order valence-electron chi connectivity index (χ4n) is 4.23. The van der Waals surface area contributed by atoms with Crippen LogP contribution in [0.3, 0.4) is 0 Å². The Morgan fingerprint density at radius 3 is 2.04 bits per heavy atom. The molecule has 0 radical (unpaired) electrons. The number of pyridine rings is 1. The van der Waals surface area contributed by atoms with E-state index in [-0.39, 0.29) is 43.1 Å². The largest absolute Gasteiger partial charge is 0.354 e. The Balaban J connectivity index is 1.47. The van der Waals surface area contributed by atoms with Gasteiger partial charge in [-0.15, -0.1) is 11.8 Å². The molecule has 1 saturated heterocycles. The van der Waals surface area contributed by atoms with Crippen molar-refractivity contribution in [3.63, 3.8) is 0 Å². The number of hydrogen-bond donors (Lipinski definition) is 2. The highest BCUT2D eigenvalue weighted by Gasteiger charge is 2.38. The van der Waals surface area contributed by atoms with Crippen LogP contribution in [0.1, 0.15) is 75.1 Å². The van der Waals surface area contributed by atoms with E-state index < -0.39 is 5.25 Å². The fraction of sp³-hybridized carbons (Fsp3) is 0.417. The predicted molar refractivity (Wildman–Crippen MR) is 185 cm³/mol.